The molecule has 0 saturated carbocycles. The van der Waals surface area contributed by atoms with Crippen molar-refractivity contribution in [3.05, 3.63) is 82.8 Å². The Hall–Kier alpha value is -5.02. The lowest BCUT2D eigenvalue weighted by Crippen LogP contribution is -2.48. The summed E-state index contributed by atoms with van der Waals surface area (Å²) < 4.78 is 18.7. The Balaban J connectivity index is 1.93. The zero-order valence-corrected chi connectivity index (χ0v) is 21.3. The summed E-state index contributed by atoms with van der Waals surface area (Å²) in [5, 5.41) is 21.6. The van der Waals surface area contributed by atoms with E-state index in [0.29, 0.717) is 17.0 Å². The van der Waals surface area contributed by atoms with E-state index < -0.39 is 17.8 Å². The summed E-state index contributed by atoms with van der Waals surface area (Å²) in [5.74, 6) is -1.61. The van der Waals surface area contributed by atoms with E-state index in [1.54, 1.807) is 24.3 Å². The van der Waals surface area contributed by atoms with Crippen molar-refractivity contribution in [2.75, 3.05) is 13.6 Å². The maximum absolute atomic E-state index is 13.1. The highest BCUT2D eigenvalue weighted by Gasteiger charge is 2.19. The number of carboxylic acid groups (broad SMARTS) is 1. The number of hydrogen-bond donors (Lipinski definition) is 2. The molecular formula is C26H22ClFN6O5. The van der Waals surface area contributed by atoms with Crippen molar-refractivity contribution >= 4 is 41.7 Å². The summed E-state index contributed by atoms with van der Waals surface area (Å²) in [6.07, 6.45) is 1.15. The molecule has 3 aromatic rings. The smallest absolute Gasteiger partial charge is 0.323 e. The number of guanidine groups is 1. The number of rotatable bonds is 9. The number of aromatic nitrogens is 1. The molecule has 0 fully saturated rings. The molecule has 3 rings (SSSR count). The molecule has 0 atom stereocenters. The third kappa shape index (κ3) is 8.51. The highest BCUT2D eigenvalue weighted by molar-refractivity contribution is 6.30. The quantitative estimate of drug-likeness (QED) is 0.228. The predicted octanol–water partition coefficient (Wildman–Crippen LogP) is 4.30. The van der Waals surface area contributed by atoms with Crippen LogP contribution in [0.5, 0.6) is 11.6 Å². The molecule has 13 heteroatoms. The second-order valence-corrected chi connectivity index (χ2v) is 8.44. The minimum Gasteiger partial charge on any atom is -0.481 e. The molecule has 0 spiro atoms. The third-order valence-electron chi connectivity index (χ3n) is 5.13. The van der Waals surface area contributed by atoms with E-state index in [9.17, 15) is 24.0 Å². The van der Waals surface area contributed by atoms with Gasteiger partial charge in [-0.15, -0.1) is 0 Å². The standard InChI is InChI=1S/C26H22ClFN6O5/c1-33(11-10-24(36)37)26(38)32-25(34(16-35)15-17-2-4-19(27)5-3-17)31-21-7-8-22(18(12-21)13-29)39-23-9-6-20(28)14-30-23/h2-9,12,14,16H,10-11,15H2,1H3,(H,36,37)(H,31,32,38). The minimum absolute atomic E-state index is 0.0150. The van der Waals surface area contributed by atoms with Gasteiger partial charge in [-0.05, 0) is 42.0 Å². The molecule has 0 saturated heterocycles. The number of benzene rings is 2. The number of halogens is 2. The molecule has 0 unspecified atom stereocenters. The van der Waals surface area contributed by atoms with Gasteiger partial charge < -0.3 is 14.7 Å². The van der Waals surface area contributed by atoms with Gasteiger partial charge >= 0.3 is 12.0 Å². The lowest BCUT2D eigenvalue weighted by atomic mass is 10.2. The van der Waals surface area contributed by atoms with Crippen molar-refractivity contribution in [1.82, 2.24) is 20.1 Å². The summed E-state index contributed by atoms with van der Waals surface area (Å²) >= 11 is 5.94. The van der Waals surface area contributed by atoms with Gasteiger partial charge in [-0.3, -0.25) is 19.8 Å². The molecular weight excluding hydrogens is 531 g/mol. The maximum Gasteiger partial charge on any atom is 0.323 e. The van der Waals surface area contributed by atoms with Crippen LogP contribution in [-0.2, 0) is 16.1 Å². The number of nitriles is 1. The van der Waals surface area contributed by atoms with E-state index >= 15 is 0 Å². The van der Waals surface area contributed by atoms with Crippen LogP contribution in [0.15, 0.2) is 65.8 Å². The lowest BCUT2D eigenvalue weighted by molar-refractivity contribution is -0.137. The number of nitrogens with one attached hydrogen (secondary N) is 1. The Bertz CT molecular complexity index is 1410. The molecule has 0 radical (unpaired) electrons. The number of aliphatic imine (C=N–C) groups is 1. The van der Waals surface area contributed by atoms with Gasteiger partial charge in [0.1, 0.15) is 17.6 Å². The fraction of sp³-hybridized carbons (Fsp3) is 0.154. The number of pyridine rings is 1. The van der Waals surface area contributed by atoms with Crippen LogP contribution in [0.4, 0.5) is 14.9 Å². The van der Waals surface area contributed by atoms with Crippen LogP contribution in [0.3, 0.4) is 0 Å². The average molecular weight is 553 g/mol. The van der Waals surface area contributed by atoms with Crippen molar-refractivity contribution in [3.63, 3.8) is 0 Å². The fourth-order valence-corrected chi connectivity index (χ4v) is 3.22. The SMILES string of the molecule is CN(CCC(=O)O)C(=O)NC(=Nc1ccc(Oc2ccc(F)cn2)c(C#N)c1)N(C=O)Cc1ccc(Cl)cc1. The molecule has 0 aliphatic heterocycles. The topological polar surface area (TPSA) is 148 Å². The highest BCUT2D eigenvalue weighted by atomic mass is 35.5. The molecule has 2 aromatic carbocycles. The number of hydrogen-bond acceptors (Lipinski definition) is 7. The molecule has 39 heavy (non-hydrogen) atoms. The second-order valence-electron chi connectivity index (χ2n) is 8.00. The lowest BCUT2D eigenvalue weighted by Gasteiger charge is -2.23. The maximum atomic E-state index is 13.1. The van der Waals surface area contributed by atoms with E-state index in [1.165, 1.54) is 31.3 Å². The van der Waals surface area contributed by atoms with Crippen molar-refractivity contribution in [1.29, 1.82) is 5.26 Å². The van der Waals surface area contributed by atoms with Gasteiger partial charge in [0.2, 0.25) is 18.2 Å². The number of aliphatic carboxylic acids is 1. The molecule has 1 heterocycles. The van der Waals surface area contributed by atoms with Gasteiger partial charge in [-0.1, -0.05) is 23.7 Å². The van der Waals surface area contributed by atoms with Crippen LogP contribution in [0, 0.1) is 17.1 Å². The molecule has 0 bridgehead atoms. The summed E-state index contributed by atoms with van der Waals surface area (Å²) in [6, 6.07) is 14.7. The average Bonchev–Trinajstić information content (AvgIpc) is 2.92. The minimum atomic E-state index is -1.08. The van der Waals surface area contributed by atoms with Crippen molar-refractivity contribution in [2.45, 2.75) is 13.0 Å². The first kappa shape index (κ1) is 28.5. The molecule has 1 aromatic heterocycles. The Morgan fingerprint density at radius 1 is 1.23 bits per heavy atom. The van der Waals surface area contributed by atoms with Gasteiger partial charge in [-0.25, -0.2) is 19.2 Å². The number of amides is 3. The van der Waals surface area contributed by atoms with Crippen LogP contribution in [0.1, 0.15) is 17.5 Å². The molecule has 2 N–H and O–H groups in total. The predicted molar refractivity (Wildman–Crippen MR) is 139 cm³/mol. The highest BCUT2D eigenvalue weighted by Crippen LogP contribution is 2.28. The normalized spacial score (nSPS) is 10.8. The van der Waals surface area contributed by atoms with Crippen LogP contribution >= 0.6 is 11.6 Å². The van der Waals surface area contributed by atoms with Crippen molar-refractivity contribution < 1.29 is 28.6 Å². The van der Waals surface area contributed by atoms with Crippen molar-refractivity contribution in [2.24, 2.45) is 4.99 Å². The monoisotopic (exact) mass is 552 g/mol. The Kier molecular flexibility index (Phi) is 9.88. The first-order chi connectivity index (χ1) is 18.7. The van der Waals surface area contributed by atoms with E-state index in [2.05, 4.69) is 15.3 Å². The number of urea groups is 1. The Morgan fingerprint density at radius 3 is 2.59 bits per heavy atom. The van der Waals surface area contributed by atoms with Gasteiger partial charge in [0, 0.05) is 24.7 Å². The molecule has 3 amide bonds. The summed E-state index contributed by atoms with van der Waals surface area (Å²) in [4.78, 5) is 46.1. The summed E-state index contributed by atoms with van der Waals surface area (Å²) in [6.45, 7) is -0.0735. The van der Waals surface area contributed by atoms with Crippen LogP contribution in [0.2, 0.25) is 5.02 Å². The summed E-state index contributed by atoms with van der Waals surface area (Å²) in [7, 11) is 1.39. The van der Waals surface area contributed by atoms with E-state index in [4.69, 9.17) is 21.4 Å². The van der Waals surface area contributed by atoms with Gasteiger partial charge in [0.15, 0.2) is 0 Å². The first-order valence-electron chi connectivity index (χ1n) is 11.3. The van der Waals surface area contributed by atoms with Gasteiger partial charge in [-0.2, -0.15) is 5.26 Å². The van der Waals surface area contributed by atoms with E-state index in [0.717, 1.165) is 22.1 Å². The van der Waals surface area contributed by atoms with Crippen LogP contribution in [-0.4, -0.2) is 57.9 Å². The van der Waals surface area contributed by atoms with Crippen molar-refractivity contribution in [3.8, 4) is 17.7 Å². The number of carbonyl (C=O) groups excluding carboxylic acids is 2. The summed E-state index contributed by atoms with van der Waals surface area (Å²) in [5.41, 5.74) is 0.931. The van der Waals surface area contributed by atoms with E-state index in [1.807, 2.05) is 6.07 Å². The number of carbonyl (C=O) groups is 3. The molecule has 0 aliphatic rings. The Labute approximate surface area is 227 Å². The largest absolute Gasteiger partial charge is 0.481 e. The zero-order chi connectivity index (χ0) is 28.4. The second kappa shape index (κ2) is 13.5. The van der Waals surface area contributed by atoms with E-state index in [-0.39, 0.29) is 48.4 Å². The van der Waals surface area contributed by atoms with Gasteiger partial charge in [0.05, 0.1) is 30.4 Å². The van der Waals surface area contributed by atoms with Gasteiger partial charge in [0.25, 0.3) is 0 Å². The fourth-order valence-electron chi connectivity index (χ4n) is 3.09. The molecule has 0 aliphatic carbocycles. The third-order valence-corrected chi connectivity index (χ3v) is 5.38. The molecule has 11 nitrogen and oxygen atoms in total. The number of nitrogens with zero attached hydrogens (tertiary/aromatic N) is 5. The number of carboxylic acids is 1. The zero-order valence-electron chi connectivity index (χ0n) is 20.5. The first-order valence-corrected chi connectivity index (χ1v) is 11.7. The van der Waals surface area contributed by atoms with Crippen LogP contribution < -0.4 is 10.1 Å². The van der Waals surface area contributed by atoms with Crippen LogP contribution in [0.25, 0.3) is 0 Å². The Morgan fingerprint density at radius 2 is 1.97 bits per heavy atom. The number of ether oxygens (including phenoxy) is 1. The molecule has 200 valence electrons.